The van der Waals surface area contributed by atoms with Gasteiger partial charge >= 0.3 is 5.97 Å². The molecule has 20 heavy (non-hydrogen) atoms. The second-order valence-electron chi connectivity index (χ2n) is 5.24. The number of carbonyl (C=O) groups is 2. The fourth-order valence-corrected chi connectivity index (χ4v) is 2.48. The van der Waals surface area contributed by atoms with Crippen LogP contribution < -0.4 is 0 Å². The van der Waals surface area contributed by atoms with Gasteiger partial charge in [-0.25, -0.2) is 4.79 Å². The maximum Gasteiger partial charge on any atom is 0.335 e. The number of carbonyl (C=O) groups excluding carboxylic acids is 1. The lowest BCUT2D eigenvalue weighted by atomic mass is 10.1. The van der Waals surface area contributed by atoms with Crippen LogP contribution in [-0.2, 0) is 16.0 Å². The summed E-state index contributed by atoms with van der Waals surface area (Å²) >= 11 is 0. The van der Waals surface area contributed by atoms with Crippen LogP contribution in [0.2, 0.25) is 0 Å². The van der Waals surface area contributed by atoms with Crippen LogP contribution in [0.15, 0.2) is 24.3 Å². The summed E-state index contributed by atoms with van der Waals surface area (Å²) in [6.45, 7) is 5.06. The summed E-state index contributed by atoms with van der Waals surface area (Å²) in [6, 6.07) is 6.51. The number of carboxylic acids is 1. The van der Waals surface area contributed by atoms with Gasteiger partial charge in [0.15, 0.2) is 0 Å². The van der Waals surface area contributed by atoms with Crippen LogP contribution in [0.5, 0.6) is 0 Å². The maximum atomic E-state index is 12.3. The van der Waals surface area contributed by atoms with Gasteiger partial charge in [0, 0.05) is 13.1 Å². The number of ether oxygens (including phenoxy) is 1. The van der Waals surface area contributed by atoms with Gasteiger partial charge in [-0.05, 0) is 31.5 Å². The number of aromatic carboxylic acids is 1. The molecule has 2 unspecified atom stereocenters. The van der Waals surface area contributed by atoms with Crippen LogP contribution in [-0.4, -0.2) is 47.2 Å². The highest BCUT2D eigenvalue weighted by Crippen LogP contribution is 2.13. The normalized spacial score (nSPS) is 22.6. The minimum atomic E-state index is -0.979. The molecule has 0 spiro atoms. The largest absolute Gasteiger partial charge is 0.478 e. The summed E-state index contributed by atoms with van der Waals surface area (Å²) in [5.41, 5.74) is 0.931. The van der Waals surface area contributed by atoms with E-state index in [0.717, 1.165) is 5.56 Å². The maximum absolute atomic E-state index is 12.3. The van der Waals surface area contributed by atoms with Crippen molar-refractivity contribution in [2.24, 2.45) is 0 Å². The molecule has 5 heteroatoms. The third-order valence-electron chi connectivity index (χ3n) is 3.30. The van der Waals surface area contributed by atoms with E-state index in [1.165, 1.54) is 6.07 Å². The summed E-state index contributed by atoms with van der Waals surface area (Å²) in [7, 11) is 0. The summed E-state index contributed by atoms with van der Waals surface area (Å²) < 4.78 is 5.60. The molecule has 2 atom stereocenters. The quantitative estimate of drug-likeness (QED) is 0.910. The Morgan fingerprint density at radius 2 is 1.95 bits per heavy atom. The van der Waals surface area contributed by atoms with Crippen molar-refractivity contribution >= 4 is 11.9 Å². The molecule has 108 valence electrons. The number of morpholine rings is 1. The molecule has 1 N–H and O–H groups in total. The van der Waals surface area contributed by atoms with E-state index in [1.54, 1.807) is 23.1 Å². The van der Waals surface area contributed by atoms with Gasteiger partial charge in [0.1, 0.15) is 0 Å². The lowest BCUT2D eigenvalue weighted by Gasteiger charge is -2.35. The molecule has 1 heterocycles. The van der Waals surface area contributed by atoms with Gasteiger partial charge in [-0.1, -0.05) is 12.1 Å². The molecule has 0 radical (unpaired) electrons. The van der Waals surface area contributed by atoms with Gasteiger partial charge in [-0.2, -0.15) is 0 Å². The van der Waals surface area contributed by atoms with Gasteiger partial charge in [0.25, 0.3) is 0 Å². The molecule has 1 aromatic rings. The predicted octanol–water partition coefficient (Wildman–Crippen LogP) is 1.56. The molecule has 5 nitrogen and oxygen atoms in total. The van der Waals surface area contributed by atoms with Gasteiger partial charge in [-0.3, -0.25) is 4.79 Å². The zero-order valence-electron chi connectivity index (χ0n) is 11.7. The summed E-state index contributed by atoms with van der Waals surface area (Å²) in [5.74, 6) is -0.970. The Labute approximate surface area is 118 Å². The summed E-state index contributed by atoms with van der Waals surface area (Å²) in [4.78, 5) is 25.0. The van der Waals surface area contributed by atoms with Gasteiger partial charge in [0.05, 0.1) is 24.2 Å². The van der Waals surface area contributed by atoms with Crippen LogP contribution in [0, 0.1) is 0 Å². The first-order valence-corrected chi connectivity index (χ1v) is 6.71. The van der Waals surface area contributed by atoms with E-state index in [0.29, 0.717) is 13.1 Å². The van der Waals surface area contributed by atoms with E-state index in [4.69, 9.17) is 9.84 Å². The average molecular weight is 277 g/mol. The fraction of sp³-hybridized carbons (Fsp3) is 0.467. The second kappa shape index (κ2) is 6.05. The highest BCUT2D eigenvalue weighted by Gasteiger charge is 2.25. The molecular formula is C15H19NO4. The van der Waals surface area contributed by atoms with E-state index in [1.807, 2.05) is 13.8 Å². The third kappa shape index (κ3) is 3.57. The molecule has 2 rings (SSSR count). The van der Waals surface area contributed by atoms with E-state index < -0.39 is 5.97 Å². The molecule has 1 fully saturated rings. The second-order valence-corrected chi connectivity index (χ2v) is 5.24. The molecule has 1 aromatic carbocycles. The van der Waals surface area contributed by atoms with Crippen LogP contribution in [0.3, 0.4) is 0 Å². The monoisotopic (exact) mass is 277 g/mol. The van der Waals surface area contributed by atoms with Crippen molar-refractivity contribution in [2.75, 3.05) is 13.1 Å². The van der Waals surface area contributed by atoms with Crippen molar-refractivity contribution in [3.63, 3.8) is 0 Å². The van der Waals surface area contributed by atoms with Gasteiger partial charge < -0.3 is 14.7 Å². The van der Waals surface area contributed by atoms with Crippen molar-refractivity contribution in [1.29, 1.82) is 0 Å². The lowest BCUT2D eigenvalue weighted by molar-refractivity contribution is -0.142. The van der Waals surface area contributed by atoms with Crippen molar-refractivity contribution in [1.82, 2.24) is 4.90 Å². The summed E-state index contributed by atoms with van der Waals surface area (Å²) in [6.07, 6.45) is 0.293. The standard InChI is InChI=1S/C15H19NO4/c1-10-8-16(9-11(2)20-10)14(17)7-12-4-3-5-13(6-12)15(18)19/h3-6,10-11H,7-9H2,1-2H3,(H,18,19). The third-order valence-corrected chi connectivity index (χ3v) is 3.30. The number of benzene rings is 1. The zero-order chi connectivity index (χ0) is 14.7. The van der Waals surface area contributed by atoms with Crippen LogP contribution in [0.4, 0.5) is 0 Å². The fourth-order valence-electron chi connectivity index (χ4n) is 2.48. The first kappa shape index (κ1) is 14.5. The predicted molar refractivity (Wildman–Crippen MR) is 73.7 cm³/mol. The first-order valence-electron chi connectivity index (χ1n) is 6.71. The minimum Gasteiger partial charge on any atom is -0.478 e. The Bertz CT molecular complexity index is 504. The molecule has 0 saturated carbocycles. The van der Waals surface area contributed by atoms with E-state index >= 15 is 0 Å². The Morgan fingerprint density at radius 1 is 1.30 bits per heavy atom. The molecule has 0 aliphatic carbocycles. The number of hydrogen-bond acceptors (Lipinski definition) is 3. The smallest absolute Gasteiger partial charge is 0.335 e. The number of rotatable bonds is 3. The van der Waals surface area contributed by atoms with Crippen molar-refractivity contribution in [3.05, 3.63) is 35.4 Å². The van der Waals surface area contributed by atoms with E-state index in [-0.39, 0.29) is 30.1 Å². The highest BCUT2D eigenvalue weighted by atomic mass is 16.5. The van der Waals surface area contributed by atoms with Crippen LogP contribution in [0.25, 0.3) is 0 Å². The Hall–Kier alpha value is -1.88. The number of amides is 1. The number of carboxylic acid groups (broad SMARTS) is 1. The minimum absolute atomic E-state index is 0.00883. The molecule has 1 aliphatic heterocycles. The zero-order valence-corrected chi connectivity index (χ0v) is 11.7. The number of hydrogen-bond donors (Lipinski definition) is 1. The Kier molecular flexibility index (Phi) is 4.39. The van der Waals surface area contributed by atoms with Crippen LogP contribution in [0.1, 0.15) is 29.8 Å². The molecule has 0 bridgehead atoms. The average Bonchev–Trinajstić information content (AvgIpc) is 2.37. The van der Waals surface area contributed by atoms with Gasteiger partial charge in [-0.15, -0.1) is 0 Å². The topological polar surface area (TPSA) is 66.8 Å². The van der Waals surface area contributed by atoms with Crippen LogP contribution >= 0.6 is 0 Å². The SMILES string of the molecule is CC1CN(C(=O)Cc2cccc(C(=O)O)c2)CC(C)O1. The molecular weight excluding hydrogens is 258 g/mol. The van der Waals surface area contributed by atoms with Crippen molar-refractivity contribution in [3.8, 4) is 0 Å². The first-order chi connectivity index (χ1) is 9.45. The summed E-state index contributed by atoms with van der Waals surface area (Å²) in [5, 5.41) is 8.95. The Morgan fingerprint density at radius 3 is 2.55 bits per heavy atom. The number of nitrogens with zero attached hydrogens (tertiary/aromatic N) is 1. The highest BCUT2D eigenvalue weighted by molar-refractivity contribution is 5.88. The van der Waals surface area contributed by atoms with E-state index in [2.05, 4.69) is 0 Å². The molecule has 1 amide bonds. The van der Waals surface area contributed by atoms with Crippen molar-refractivity contribution < 1.29 is 19.4 Å². The molecule has 1 aliphatic rings. The Balaban J connectivity index is 2.04. The molecule has 0 aromatic heterocycles. The van der Waals surface area contributed by atoms with Gasteiger partial charge in [0.2, 0.25) is 5.91 Å². The van der Waals surface area contributed by atoms with Crippen molar-refractivity contribution in [2.45, 2.75) is 32.5 Å². The lowest BCUT2D eigenvalue weighted by Crippen LogP contribution is -2.48. The molecule has 1 saturated heterocycles. The van der Waals surface area contributed by atoms with E-state index in [9.17, 15) is 9.59 Å².